The maximum absolute atomic E-state index is 13.9. The van der Waals surface area contributed by atoms with Gasteiger partial charge in [0.2, 0.25) is 0 Å². The summed E-state index contributed by atoms with van der Waals surface area (Å²) >= 11 is 0. The fourth-order valence-corrected chi connectivity index (χ4v) is 2.77. The molecule has 0 radical (unpaired) electrons. The van der Waals surface area contributed by atoms with Gasteiger partial charge < -0.3 is 0 Å². The van der Waals surface area contributed by atoms with E-state index in [4.69, 9.17) is 4.98 Å². The number of nitrogens with zero attached hydrogens (tertiary/aromatic N) is 4. The molecule has 2 heterocycles. The number of aromatic nitrogens is 2. The monoisotopic (exact) mass is 344 g/mol. The molecule has 2 aromatic heterocycles. The molecule has 0 aliphatic rings. The van der Waals surface area contributed by atoms with E-state index in [1.807, 2.05) is 60.8 Å². The van der Waals surface area contributed by atoms with E-state index in [0.29, 0.717) is 5.82 Å². The Hall–Kier alpha value is -3.34. The van der Waals surface area contributed by atoms with Gasteiger partial charge in [-0.2, -0.15) is 0 Å². The van der Waals surface area contributed by atoms with Crippen molar-refractivity contribution >= 4 is 17.2 Å². The summed E-state index contributed by atoms with van der Waals surface area (Å²) in [6, 6.07) is 18.4. The fourth-order valence-electron chi connectivity index (χ4n) is 2.77. The predicted octanol–water partition coefficient (Wildman–Crippen LogP) is 6.17. The molecule has 0 aliphatic heterocycles. The van der Waals surface area contributed by atoms with Crippen LogP contribution in [0, 0.1) is 19.7 Å². The Morgan fingerprint density at radius 2 is 1.65 bits per heavy atom. The van der Waals surface area contributed by atoms with Gasteiger partial charge in [-0.25, -0.2) is 9.37 Å². The van der Waals surface area contributed by atoms with E-state index in [1.54, 1.807) is 18.2 Å². The molecule has 0 bridgehead atoms. The number of hydrogen-bond donors (Lipinski definition) is 0. The third-order valence-corrected chi connectivity index (χ3v) is 4.19. The molecule has 0 amide bonds. The molecule has 0 unspecified atom stereocenters. The minimum absolute atomic E-state index is 0.199. The topological polar surface area (TPSA) is 42.0 Å². The lowest BCUT2D eigenvalue weighted by atomic mass is 10.1. The van der Waals surface area contributed by atoms with Crippen molar-refractivity contribution in [1.82, 2.24) is 9.38 Å². The SMILES string of the molecule is Cc1ccc(-c2nc3cc(C)ccn3c2N=Nc2ccccc2F)cc1. The Balaban J connectivity index is 1.89. The van der Waals surface area contributed by atoms with Gasteiger partial charge in [0.15, 0.2) is 11.6 Å². The molecule has 0 N–H and O–H groups in total. The summed E-state index contributed by atoms with van der Waals surface area (Å²) in [6.07, 6.45) is 1.91. The highest BCUT2D eigenvalue weighted by molar-refractivity contribution is 5.74. The van der Waals surface area contributed by atoms with Gasteiger partial charge in [0.25, 0.3) is 0 Å². The van der Waals surface area contributed by atoms with E-state index in [2.05, 4.69) is 10.2 Å². The van der Waals surface area contributed by atoms with Gasteiger partial charge in [0.05, 0.1) is 0 Å². The van der Waals surface area contributed by atoms with Gasteiger partial charge in [-0.3, -0.25) is 4.40 Å². The Kier molecular flexibility index (Phi) is 4.05. The summed E-state index contributed by atoms with van der Waals surface area (Å²) < 4.78 is 15.7. The number of rotatable bonds is 3. The number of fused-ring (bicyclic) bond motifs is 1. The first-order valence-electron chi connectivity index (χ1n) is 8.34. The van der Waals surface area contributed by atoms with Crippen molar-refractivity contribution in [2.24, 2.45) is 10.2 Å². The van der Waals surface area contributed by atoms with Crippen molar-refractivity contribution in [3.05, 3.63) is 83.8 Å². The highest BCUT2D eigenvalue weighted by atomic mass is 19.1. The molecule has 0 fully saturated rings. The summed E-state index contributed by atoms with van der Waals surface area (Å²) in [7, 11) is 0. The van der Waals surface area contributed by atoms with Crippen molar-refractivity contribution in [2.75, 3.05) is 0 Å². The number of azo groups is 1. The van der Waals surface area contributed by atoms with E-state index < -0.39 is 5.82 Å². The summed E-state index contributed by atoms with van der Waals surface area (Å²) in [5, 5.41) is 8.45. The first-order chi connectivity index (χ1) is 12.6. The van der Waals surface area contributed by atoms with E-state index >= 15 is 0 Å². The number of imidazole rings is 1. The van der Waals surface area contributed by atoms with E-state index in [9.17, 15) is 4.39 Å². The molecular weight excluding hydrogens is 327 g/mol. The van der Waals surface area contributed by atoms with Crippen LogP contribution in [0.4, 0.5) is 15.9 Å². The van der Waals surface area contributed by atoms with Crippen molar-refractivity contribution in [1.29, 1.82) is 0 Å². The summed E-state index contributed by atoms with van der Waals surface area (Å²) in [5.41, 5.74) is 4.92. The zero-order valence-corrected chi connectivity index (χ0v) is 14.5. The van der Waals surface area contributed by atoms with E-state index in [-0.39, 0.29) is 5.69 Å². The molecule has 0 spiro atoms. The smallest absolute Gasteiger partial charge is 0.187 e. The molecule has 0 aliphatic carbocycles. The lowest BCUT2D eigenvalue weighted by Gasteiger charge is -2.01. The molecule has 0 saturated carbocycles. The zero-order chi connectivity index (χ0) is 18.1. The van der Waals surface area contributed by atoms with Gasteiger partial charge in [0.1, 0.15) is 17.0 Å². The molecule has 128 valence electrons. The molecule has 0 atom stereocenters. The maximum atomic E-state index is 13.9. The van der Waals surface area contributed by atoms with Crippen LogP contribution < -0.4 is 0 Å². The van der Waals surface area contributed by atoms with Crippen LogP contribution in [0.15, 0.2) is 77.1 Å². The maximum Gasteiger partial charge on any atom is 0.187 e. The van der Waals surface area contributed by atoms with Crippen LogP contribution in [-0.4, -0.2) is 9.38 Å². The molecule has 4 rings (SSSR count). The van der Waals surface area contributed by atoms with Crippen LogP contribution in [0.5, 0.6) is 0 Å². The first-order valence-corrected chi connectivity index (χ1v) is 8.34. The first kappa shape index (κ1) is 16.1. The third kappa shape index (κ3) is 2.99. The third-order valence-electron chi connectivity index (χ3n) is 4.19. The Labute approximate surface area is 150 Å². The second-order valence-corrected chi connectivity index (χ2v) is 6.23. The minimum atomic E-state index is -0.405. The molecule has 0 saturated heterocycles. The average molecular weight is 344 g/mol. The standard InChI is InChI=1S/C21H17FN4/c1-14-7-9-16(10-8-14)20-21(25-24-18-6-4-3-5-17(18)22)26-12-11-15(2)13-19(26)23-20/h3-13H,1-2H3. The Morgan fingerprint density at radius 1 is 0.885 bits per heavy atom. The second kappa shape index (κ2) is 6.52. The molecule has 4 nitrogen and oxygen atoms in total. The van der Waals surface area contributed by atoms with Crippen LogP contribution in [-0.2, 0) is 0 Å². The summed E-state index contributed by atoms with van der Waals surface area (Å²) in [6.45, 7) is 4.05. The highest BCUT2D eigenvalue weighted by Crippen LogP contribution is 2.33. The van der Waals surface area contributed by atoms with Crippen LogP contribution in [0.3, 0.4) is 0 Å². The molecule has 5 heteroatoms. The summed E-state index contributed by atoms with van der Waals surface area (Å²) in [5.74, 6) is 0.171. The number of hydrogen-bond acceptors (Lipinski definition) is 3. The van der Waals surface area contributed by atoms with Crippen molar-refractivity contribution in [3.63, 3.8) is 0 Å². The number of halogens is 1. The molecule has 2 aromatic carbocycles. The van der Waals surface area contributed by atoms with Gasteiger partial charge in [-0.05, 0) is 43.7 Å². The summed E-state index contributed by atoms with van der Waals surface area (Å²) in [4.78, 5) is 4.72. The normalized spacial score (nSPS) is 11.5. The zero-order valence-electron chi connectivity index (χ0n) is 14.5. The second-order valence-electron chi connectivity index (χ2n) is 6.23. The average Bonchev–Trinajstić information content (AvgIpc) is 2.99. The predicted molar refractivity (Wildman–Crippen MR) is 101 cm³/mol. The number of pyridine rings is 1. The van der Waals surface area contributed by atoms with E-state index in [0.717, 1.165) is 22.5 Å². The van der Waals surface area contributed by atoms with Crippen LogP contribution in [0.2, 0.25) is 0 Å². The fraction of sp³-hybridized carbons (Fsp3) is 0.0952. The van der Waals surface area contributed by atoms with Gasteiger partial charge in [-0.1, -0.05) is 42.0 Å². The van der Waals surface area contributed by atoms with Crippen molar-refractivity contribution in [3.8, 4) is 11.3 Å². The van der Waals surface area contributed by atoms with Crippen LogP contribution in [0.25, 0.3) is 16.9 Å². The number of aryl methyl sites for hydroxylation is 2. The molecule has 4 aromatic rings. The van der Waals surface area contributed by atoms with Crippen molar-refractivity contribution in [2.45, 2.75) is 13.8 Å². The Morgan fingerprint density at radius 3 is 2.42 bits per heavy atom. The van der Waals surface area contributed by atoms with Gasteiger partial charge >= 0.3 is 0 Å². The molecule has 26 heavy (non-hydrogen) atoms. The Bertz CT molecular complexity index is 1110. The quantitative estimate of drug-likeness (QED) is 0.410. The van der Waals surface area contributed by atoms with Crippen LogP contribution >= 0.6 is 0 Å². The van der Waals surface area contributed by atoms with Gasteiger partial charge in [0, 0.05) is 11.8 Å². The molecular formula is C21H17FN4. The number of benzene rings is 2. The largest absolute Gasteiger partial charge is 0.283 e. The van der Waals surface area contributed by atoms with E-state index in [1.165, 1.54) is 11.6 Å². The lowest BCUT2D eigenvalue weighted by Crippen LogP contribution is -1.84. The minimum Gasteiger partial charge on any atom is -0.283 e. The highest BCUT2D eigenvalue weighted by Gasteiger charge is 2.14. The van der Waals surface area contributed by atoms with Gasteiger partial charge in [-0.15, -0.1) is 10.2 Å². The lowest BCUT2D eigenvalue weighted by molar-refractivity contribution is 0.628. The van der Waals surface area contributed by atoms with Crippen molar-refractivity contribution < 1.29 is 4.39 Å². The van der Waals surface area contributed by atoms with Crippen LogP contribution in [0.1, 0.15) is 11.1 Å².